The third-order valence-corrected chi connectivity index (χ3v) is 5.58. The maximum Gasteiger partial charge on any atom is 0.305 e. The number of aliphatic hydroxyl groups excluding tert-OH is 1. The predicted octanol–water partition coefficient (Wildman–Crippen LogP) is 3.06. The lowest BCUT2D eigenvalue weighted by atomic mass is 10.0. The molecule has 4 aromatic rings. The van der Waals surface area contributed by atoms with Gasteiger partial charge in [0.2, 0.25) is 0 Å². The normalized spacial score (nSPS) is 12.0. The molecule has 1 atom stereocenters. The fourth-order valence-electron chi connectivity index (χ4n) is 3.92. The van der Waals surface area contributed by atoms with Gasteiger partial charge < -0.3 is 19.9 Å². The summed E-state index contributed by atoms with van der Waals surface area (Å²) < 4.78 is 7.15. The van der Waals surface area contributed by atoms with Crippen molar-refractivity contribution >= 4 is 22.8 Å². The van der Waals surface area contributed by atoms with Crippen LogP contribution >= 0.6 is 0 Å². The van der Waals surface area contributed by atoms with Gasteiger partial charge in [-0.2, -0.15) is 0 Å². The Bertz CT molecular complexity index is 1280. The van der Waals surface area contributed by atoms with E-state index in [0.29, 0.717) is 40.2 Å². The van der Waals surface area contributed by atoms with Gasteiger partial charge in [0.05, 0.1) is 29.5 Å². The Hall–Kier alpha value is -4.05. The molecule has 0 spiro atoms. The van der Waals surface area contributed by atoms with Crippen molar-refractivity contribution in [2.24, 2.45) is 0 Å². The van der Waals surface area contributed by atoms with Crippen LogP contribution in [-0.4, -0.2) is 54.7 Å². The van der Waals surface area contributed by atoms with Gasteiger partial charge in [0, 0.05) is 37.2 Å². The first-order chi connectivity index (χ1) is 17.0. The van der Waals surface area contributed by atoms with E-state index in [1.54, 1.807) is 35.1 Å². The van der Waals surface area contributed by atoms with Crippen LogP contribution in [0.3, 0.4) is 0 Å². The molecule has 0 aliphatic carbocycles. The van der Waals surface area contributed by atoms with Gasteiger partial charge in [0.25, 0.3) is 5.91 Å². The van der Waals surface area contributed by atoms with Crippen molar-refractivity contribution in [2.75, 3.05) is 6.61 Å². The Morgan fingerprint density at radius 3 is 2.74 bits per heavy atom. The van der Waals surface area contributed by atoms with E-state index in [1.165, 1.54) is 6.26 Å². The number of furan rings is 1. The lowest BCUT2D eigenvalue weighted by Crippen LogP contribution is -2.38. The first-order valence-corrected chi connectivity index (χ1v) is 11.5. The number of pyridine rings is 1. The van der Waals surface area contributed by atoms with Crippen molar-refractivity contribution in [3.8, 4) is 11.5 Å². The molecule has 3 N–H and O–H groups in total. The zero-order valence-electron chi connectivity index (χ0n) is 19.1. The Kier molecular flexibility index (Phi) is 7.84. The molecule has 182 valence electrons. The quantitative estimate of drug-likeness (QED) is 0.264. The number of rotatable bonds is 12. The van der Waals surface area contributed by atoms with E-state index in [9.17, 15) is 14.7 Å². The summed E-state index contributed by atoms with van der Waals surface area (Å²) in [6.45, 7) is 0.816. The lowest BCUT2D eigenvalue weighted by Gasteiger charge is -2.17. The Morgan fingerprint density at radius 2 is 1.97 bits per heavy atom. The molecule has 10 heteroatoms. The van der Waals surface area contributed by atoms with Crippen LogP contribution < -0.4 is 5.32 Å². The highest BCUT2D eigenvalue weighted by Crippen LogP contribution is 2.25. The summed E-state index contributed by atoms with van der Waals surface area (Å²) in [6.07, 6.45) is 5.73. The number of hydrogen-bond donors (Lipinski definition) is 3. The second-order valence-electron chi connectivity index (χ2n) is 8.28. The summed E-state index contributed by atoms with van der Waals surface area (Å²) in [5.41, 5.74) is 2.11. The second-order valence-corrected chi connectivity index (χ2v) is 8.28. The number of nitrogens with zero attached hydrogens (tertiary/aromatic N) is 4. The summed E-state index contributed by atoms with van der Waals surface area (Å²) in [4.78, 5) is 29.5. The van der Waals surface area contributed by atoms with Gasteiger partial charge in [-0.3, -0.25) is 14.3 Å². The van der Waals surface area contributed by atoms with Crippen molar-refractivity contribution in [1.29, 1.82) is 0 Å². The van der Waals surface area contributed by atoms with Crippen molar-refractivity contribution in [2.45, 2.75) is 44.7 Å². The molecule has 0 aliphatic rings. The van der Waals surface area contributed by atoms with Crippen molar-refractivity contribution in [3.05, 3.63) is 66.2 Å². The zero-order chi connectivity index (χ0) is 24.6. The number of carboxylic acids is 1. The number of unbranched alkanes of at least 4 members (excludes halogenated alkanes) is 2. The van der Waals surface area contributed by atoms with Crippen LogP contribution in [0.1, 0.15) is 41.7 Å². The largest absolute Gasteiger partial charge is 0.481 e. The number of nitrogens with one attached hydrogen (secondary N) is 1. The number of aliphatic hydroxyl groups is 1. The predicted molar refractivity (Wildman–Crippen MR) is 128 cm³/mol. The van der Waals surface area contributed by atoms with Gasteiger partial charge >= 0.3 is 5.97 Å². The molecule has 0 bridgehead atoms. The Morgan fingerprint density at radius 1 is 1.11 bits per heavy atom. The van der Waals surface area contributed by atoms with E-state index >= 15 is 0 Å². The van der Waals surface area contributed by atoms with Gasteiger partial charge in [-0.15, -0.1) is 5.10 Å². The molecule has 0 radical (unpaired) electrons. The maximum absolute atomic E-state index is 13.3. The van der Waals surface area contributed by atoms with Crippen molar-refractivity contribution < 1.29 is 24.2 Å². The molecule has 35 heavy (non-hydrogen) atoms. The fourth-order valence-corrected chi connectivity index (χ4v) is 3.92. The van der Waals surface area contributed by atoms with Crippen molar-refractivity contribution in [3.63, 3.8) is 0 Å². The molecule has 0 saturated heterocycles. The molecule has 10 nitrogen and oxygen atoms in total. The van der Waals surface area contributed by atoms with Gasteiger partial charge in [-0.1, -0.05) is 23.4 Å². The molecule has 4 rings (SSSR count). The molecule has 1 unspecified atom stereocenters. The third kappa shape index (κ3) is 6.30. The number of hydrogen-bond acceptors (Lipinski definition) is 7. The summed E-state index contributed by atoms with van der Waals surface area (Å²) in [5.74, 6) is -0.899. The summed E-state index contributed by atoms with van der Waals surface area (Å²) in [5, 5.41) is 30.1. The smallest absolute Gasteiger partial charge is 0.305 e. The molecule has 3 aromatic heterocycles. The fraction of sp³-hybridized carbons (Fsp3) is 0.320. The molecule has 0 saturated carbocycles. The molecule has 1 aromatic carbocycles. The van der Waals surface area contributed by atoms with E-state index in [2.05, 4.69) is 20.6 Å². The van der Waals surface area contributed by atoms with Crippen LogP contribution in [0.2, 0.25) is 0 Å². The summed E-state index contributed by atoms with van der Waals surface area (Å²) in [6, 6.07) is 11.7. The number of aromatic nitrogens is 4. The SMILES string of the molecule is O=C(O)CC(Cc1cn(CCCCCO)nn1)NC(=O)c1cc(-c2ccco2)nc2ccccc12. The van der Waals surface area contributed by atoms with Gasteiger partial charge in [-0.25, -0.2) is 4.98 Å². The highest BCUT2D eigenvalue weighted by atomic mass is 16.4. The van der Waals surface area contributed by atoms with Crippen LogP contribution in [0.15, 0.2) is 59.3 Å². The number of aliphatic carboxylic acids is 1. The van der Waals surface area contributed by atoms with Gasteiger partial charge in [0.1, 0.15) is 5.69 Å². The van der Waals surface area contributed by atoms with Crippen LogP contribution in [0.4, 0.5) is 0 Å². The number of fused-ring (bicyclic) bond motifs is 1. The first-order valence-electron chi connectivity index (χ1n) is 11.5. The number of benzene rings is 1. The molecule has 0 fully saturated rings. The maximum atomic E-state index is 13.3. The first kappa shape index (κ1) is 24.1. The van der Waals surface area contributed by atoms with E-state index in [-0.39, 0.29) is 19.4 Å². The van der Waals surface area contributed by atoms with Crippen LogP contribution in [0.25, 0.3) is 22.4 Å². The molecule has 1 amide bonds. The minimum Gasteiger partial charge on any atom is -0.481 e. The van der Waals surface area contributed by atoms with Crippen molar-refractivity contribution in [1.82, 2.24) is 25.3 Å². The molecule has 3 heterocycles. The third-order valence-electron chi connectivity index (χ3n) is 5.58. The number of carbonyl (C=O) groups excluding carboxylic acids is 1. The number of amides is 1. The molecule has 0 aliphatic heterocycles. The zero-order valence-corrected chi connectivity index (χ0v) is 19.1. The number of para-hydroxylation sites is 1. The van der Waals surface area contributed by atoms with Crippen LogP contribution in [0, 0.1) is 0 Å². The topological polar surface area (TPSA) is 143 Å². The van der Waals surface area contributed by atoms with E-state index in [1.807, 2.05) is 18.2 Å². The molecular weight excluding hydrogens is 450 g/mol. The summed E-state index contributed by atoms with van der Waals surface area (Å²) >= 11 is 0. The monoisotopic (exact) mass is 477 g/mol. The van der Waals surface area contributed by atoms with Crippen LogP contribution in [-0.2, 0) is 17.8 Å². The van der Waals surface area contributed by atoms with Crippen LogP contribution in [0.5, 0.6) is 0 Å². The second kappa shape index (κ2) is 11.4. The van der Waals surface area contributed by atoms with E-state index in [4.69, 9.17) is 9.52 Å². The van der Waals surface area contributed by atoms with Gasteiger partial charge in [-0.05, 0) is 43.5 Å². The van der Waals surface area contributed by atoms with E-state index in [0.717, 1.165) is 19.3 Å². The Balaban J connectivity index is 1.53. The van der Waals surface area contributed by atoms with Gasteiger partial charge in [0.15, 0.2) is 5.76 Å². The lowest BCUT2D eigenvalue weighted by molar-refractivity contribution is -0.137. The summed E-state index contributed by atoms with van der Waals surface area (Å²) in [7, 11) is 0. The minimum absolute atomic E-state index is 0.162. The molecular formula is C25H27N5O5. The number of carbonyl (C=O) groups is 2. The Labute approximate surface area is 201 Å². The standard InChI is InChI=1S/C25H27N5O5/c31-11-5-1-4-10-30-16-18(28-29-30)13-17(14-24(32)33)26-25(34)20-15-22(23-9-6-12-35-23)27-21-8-3-2-7-19(20)21/h2-3,6-9,12,15-17,31H,1,4-5,10-11,13-14H2,(H,26,34)(H,32,33). The number of aryl methyl sites for hydroxylation is 1. The highest BCUT2D eigenvalue weighted by molar-refractivity contribution is 6.07. The van der Waals surface area contributed by atoms with E-state index < -0.39 is 17.9 Å². The average Bonchev–Trinajstić information content (AvgIpc) is 3.53. The number of carboxylic acid groups (broad SMARTS) is 1. The highest BCUT2D eigenvalue weighted by Gasteiger charge is 2.22. The average molecular weight is 478 g/mol. The minimum atomic E-state index is -1.03.